The number of benzene rings is 2. The van der Waals surface area contributed by atoms with Gasteiger partial charge in [0.15, 0.2) is 17.5 Å². The van der Waals surface area contributed by atoms with E-state index >= 15 is 0 Å². The van der Waals surface area contributed by atoms with Gasteiger partial charge in [-0.15, -0.1) is 0 Å². The van der Waals surface area contributed by atoms with Gasteiger partial charge in [-0.05, 0) is 38.0 Å². The van der Waals surface area contributed by atoms with E-state index in [9.17, 15) is 31.9 Å². The molecule has 2 aromatic heterocycles. The molecule has 13 heteroatoms. The highest BCUT2D eigenvalue weighted by Gasteiger charge is 2.22. The average Bonchev–Trinajstić information content (AvgIpc) is 3.42. The van der Waals surface area contributed by atoms with Crippen LogP contribution in [0, 0.1) is 23.3 Å². The van der Waals surface area contributed by atoms with E-state index in [0.717, 1.165) is 18.9 Å². The van der Waals surface area contributed by atoms with Gasteiger partial charge >= 0.3 is 0 Å². The number of carbonyl (C=O) groups excluding carboxylic acids is 1. The average molecular weight is 534 g/mol. The van der Waals surface area contributed by atoms with Crippen LogP contribution in [0.2, 0.25) is 0 Å². The van der Waals surface area contributed by atoms with Crippen molar-refractivity contribution in [2.45, 2.75) is 26.3 Å². The summed E-state index contributed by atoms with van der Waals surface area (Å²) in [6.45, 7) is 3.61. The van der Waals surface area contributed by atoms with Gasteiger partial charge in [0.05, 0.1) is 21.3 Å². The molecule has 5 rings (SSSR count). The zero-order valence-corrected chi connectivity index (χ0v) is 20.1. The molecule has 0 spiro atoms. The fourth-order valence-corrected chi connectivity index (χ4v) is 5.22. The maximum atomic E-state index is 14.9. The maximum Gasteiger partial charge on any atom is 0.281 e. The fourth-order valence-electron chi connectivity index (χ4n) is 4.36. The number of aryl methyl sites for hydroxylation is 1. The number of fused-ring (bicyclic) bond motifs is 2. The third kappa shape index (κ3) is 4.28. The first-order valence-electron chi connectivity index (χ1n) is 11.4. The van der Waals surface area contributed by atoms with Crippen LogP contribution in [0.3, 0.4) is 0 Å². The molecule has 0 atom stereocenters. The second-order valence-corrected chi connectivity index (χ2v) is 9.44. The van der Waals surface area contributed by atoms with Crippen molar-refractivity contribution in [1.29, 1.82) is 0 Å². The minimum absolute atomic E-state index is 0.0167. The lowest BCUT2D eigenvalue weighted by atomic mass is 10.1. The minimum atomic E-state index is -1.75. The standard InChI is InChI=1S/C24H19F4N5O3S/c1-2-32-10-13(20(34)11-7-14(25)17(9-16(11)32)33-5-3-4-6-33)23(36)30-31-24-29-22(35)12-8-15(26)18(27)19(28)21(12)37-24/h7-10H,2-6H2,1H3,(H,30,36)(H,29,31,35). The van der Waals surface area contributed by atoms with Crippen LogP contribution in [-0.4, -0.2) is 28.5 Å². The first kappa shape index (κ1) is 24.7. The van der Waals surface area contributed by atoms with Crippen LogP contribution in [0.1, 0.15) is 30.1 Å². The van der Waals surface area contributed by atoms with E-state index in [0.29, 0.717) is 48.2 Å². The van der Waals surface area contributed by atoms with Crippen molar-refractivity contribution in [2.75, 3.05) is 23.4 Å². The molecule has 8 nitrogen and oxygen atoms in total. The first-order valence-corrected chi connectivity index (χ1v) is 12.2. The van der Waals surface area contributed by atoms with Crippen LogP contribution in [0.5, 0.6) is 0 Å². The molecule has 0 saturated carbocycles. The van der Waals surface area contributed by atoms with Gasteiger partial charge in [0.2, 0.25) is 10.6 Å². The normalized spacial score (nSPS) is 13.5. The van der Waals surface area contributed by atoms with Crippen molar-refractivity contribution >= 4 is 49.1 Å². The molecule has 2 aromatic carbocycles. The lowest BCUT2D eigenvalue weighted by Crippen LogP contribution is -2.34. The topological polar surface area (TPSA) is 96.3 Å². The van der Waals surface area contributed by atoms with E-state index in [1.165, 1.54) is 6.20 Å². The molecule has 1 fully saturated rings. The van der Waals surface area contributed by atoms with Crippen LogP contribution in [0.25, 0.3) is 21.0 Å². The summed E-state index contributed by atoms with van der Waals surface area (Å²) in [6, 6.07) is 3.26. The smallest absolute Gasteiger partial charge is 0.281 e. The van der Waals surface area contributed by atoms with Crippen LogP contribution in [0.4, 0.5) is 28.4 Å². The summed E-state index contributed by atoms with van der Waals surface area (Å²) in [6.07, 6.45) is 3.23. The third-order valence-corrected chi connectivity index (χ3v) is 7.20. The lowest BCUT2D eigenvalue weighted by Gasteiger charge is -2.20. The number of anilines is 2. The summed E-state index contributed by atoms with van der Waals surface area (Å²) in [4.78, 5) is 43.6. The molecular formula is C24H19F4N5O3S. The molecular weight excluding hydrogens is 514 g/mol. The Hall–Kier alpha value is -4.00. The zero-order valence-electron chi connectivity index (χ0n) is 19.3. The van der Waals surface area contributed by atoms with Gasteiger partial charge in [-0.1, -0.05) is 11.3 Å². The Balaban J connectivity index is 1.48. The van der Waals surface area contributed by atoms with Crippen LogP contribution >= 0.6 is 11.3 Å². The Morgan fingerprint density at radius 1 is 1.03 bits per heavy atom. The van der Waals surface area contributed by atoms with E-state index < -0.39 is 50.3 Å². The van der Waals surface area contributed by atoms with Crippen molar-refractivity contribution in [2.24, 2.45) is 0 Å². The summed E-state index contributed by atoms with van der Waals surface area (Å²) in [7, 11) is 0. The molecule has 3 heterocycles. The Morgan fingerprint density at radius 2 is 1.73 bits per heavy atom. The van der Waals surface area contributed by atoms with Crippen molar-refractivity contribution in [1.82, 2.24) is 15.0 Å². The number of hydrogen-bond donors (Lipinski definition) is 2. The van der Waals surface area contributed by atoms with Gasteiger partial charge in [-0.3, -0.25) is 25.2 Å². The first-order chi connectivity index (χ1) is 17.7. The summed E-state index contributed by atoms with van der Waals surface area (Å²) in [5.74, 6) is -6.34. The van der Waals surface area contributed by atoms with Gasteiger partial charge in [0.1, 0.15) is 11.4 Å². The summed E-state index contributed by atoms with van der Waals surface area (Å²) < 4.78 is 57.3. The Kier molecular flexibility index (Phi) is 6.31. The molecule has 0 unspecified atom stereocenters. The predicted octanol–water partition coefficient (Wildman–Crippen LogP) is 3.90. The third-order valence-electron chi connectivity index (χ3n) is 6.21. The number of nitrogens with one attached hydrogen (secondary N) is 2. The Labute approximate surface area is 210 Å². The maximum absolute atomic E-state index is 14.9. The van der Waals surface area contributed by atoms with E-state index in [1.54, 1.807) is 17.6 Å². The number of pyridine rings is 1. The van der Waals surface area contributed by atoms with Crippen LogP contribution in [-0.2, 0) is 6.54 Å². The van der Waals surface area contributed by atoms with Crippen molar-refractivity contribution in [3.63, 3.8) is 0 Å². The van der Waals surface area contributed by atoms with Gasteiger partial charge in [-0.25, -0.2) is 17.6 Å². The SMILES string of the molecule is CCn1cc(C(=O)NNc2nc(=O)c3cc(F)c(F)c(F)c3s2)c(=O)c2cc(F)c(N3CCCC3)cc21. The van der Waals surface area contributed by atoms with Gasteiger partial charge in [-0.2, -0.15) is 4.98 Å². The zero-order chi connectivity index (χ0) is 26.4. The van der Waals surface area contributed by atoms with Crippen molar-refractivity contribution in [3.05, 3.63) is 73.8 Å². The number of carbonyl (C=O) groups is 1. The second kappa shape index (κ2) is 9.47. The summed E-state index contributed by atoms with van der Waals surface area (Å²) in [5, 5.41) is -0.773. The molecule has 1 aliphatic rings. The molecule has 0 bridgehead atoms. The largest absolute Gasteiger partial charge is 0.369 e. The van der Waals surface area contributed by atoms with Gasteiger partial charge < -0.3 is 9.47 Å². The fraction of sp³-hybridized carbons (Fsp3) is 0.250. The number of aromatic nitrogens is 2. The number of rotatable bonds is 5. The van der Waals surface area contributed by atoms with Crippen molar-refractivity contribution in [3.8, 4) is 0 Å². The molecule has 0 radical (unpaired) electrons. The molecule has 192 valence electrons. The van der Waals surface area contributed by atoms with Crippen molar-refractivity contribution < 1.29 is 22.4 Å². The molecule has 1 amide bonds. The van der Waals surface area contributed by atoms with E-state index in [2.05, 4.69) is 15.8 Å². The number of amides is 1. The number of hydrazine groups is 1. The summed E-state index contributed by atoms with van der Waals surface area (Å²) in [5.41, 5.74) is 3.28. The highest BCUT2D eigenvalue weighted by molar-refractivity contribution is 7.21. The van der Waals surface area contributed by atoms with Gasteiger partial charge in [0, 0.05) is 31.2 Å². The van der Waals surface area contributed by atoms with Gasteiger partial charge in [0.25, 0.3) is 11.5 Å². The predicted molar refractivity (Wildman–Crippen MR) is 132 cm³/mol. The summed E-state index contributed by atoms with van der Waals surface area (Å²) >= 11 is 0.461. The van der Waals surface area contributed by atoms with E-state index in [-0.39, 0.29) is 16.1 Å². The molecule has 2 N–H and O–H groups in total. The molecule has 4 aromatic rings. The molecule has 1 saturated heterocycles. The molecule has 0 aliphatic carbocycles. The second-order valence-electron chi connectivity index (χ2n) is 8.44. The van der Waals surface area contributed by atoms with Crippen LogP contribution < -0.4 is 26.7 Å². The minimum Gasteiger partial charge on any atom is -0.369 e. The molecule has 37 heavy (non-hydrogen) atoms. The van der Waals surface area contributed by atoms with E-state index in [1.807, 2.05) is 4.90 Å². The quantitative estimate of drug-likeness (QED) is 0.230. The number of halogens is 4. The lowest BCUT2D eigenvalue weighted by molar-refractivity contribution is 0.0961. The monoisotopic (exact) mass is 533 g/mol. The Bertz CT molecular complexity index is 1700. The number of nitrogens with zero attached hydrogens (tertiary/aromatic N) is 3. The Morgan fingerprint density at radius 3 is 2.43 bits per heavy atom. The van der Waals surface area contributed by atoms with E-state index in [4.69, 9.17) is 0 Å². The molecule has 1 aliphatic heterocycles. The highest BCUT2D eigenvalue weighted by atomic mass is 32.1. The number of hydrogen-bond acceptors (Lipinski definition) is 7. The van der Waals surface area contributed by atoms with Crippen LogP contribution in [0.15, 0.2) is 34.0 Å². The highest BCUT2D eigenvalue weighted by Crippen LogP contribution is 2.29.